The second-order valence-electron chi connectivity index (χ2n) is 20.3. The minimum absolute atomic E-state index is 0.0169. The lowest BCUT2D eigenvalue weighted by Crippen LogP contribution is -2.54. The van der Waals surface area contributed by atoms with E-state index in [-0.39, 0.29) is 142 Å². The van der Waals surface area contributed by atoms with Crippen LogP contribution >= 0.6 is 0 Å². The molecule has 0 aliphatic carbocycles. The van der Waals surface area contributed by atoms with Crippen LogP contribution < -0.4 is 47.7 Å². The van der Waals surface area contributed by atoms with Gasteiger partial charge in [-0.15, -0.1) is 0 Å². The van der Waals surface area contributed by atoms with E-state index >= 15 is 0 Å². The SMILES string of the molecule is [2H]OC(=O)CN1CCN(CC(=O)N[C@@H](CS(=O)(=O)O)C(=O)NCCCCOc2cccc(C(C(=O)N[C@H](CCCN=C(N)NC(=O)NCCNC(=O)CC)C(=O)NCc3ccc(O)cc3)c3ccccc3)c2)CCN(CC(=O)O[2H])CCN(CC(=O)O[2H])CC1. The summed E-state index contributed by atoms with van der Waals surface area (Å²) < 4.78 is 61.2. The van der Waals surface area contributed by atoms with E-state index < -0.39 is 88.0 Å². The van der Waals surface area contributed by atoms with Crippen molar-refractivity contribution in [2.24, 2.45) is 10.7 Å². The van der Waals surface area contributed by atoms with Gasteiger partial charge in [0, 0.05) is 91.5 Å². The monoisotopic (exact) mass is 1240 g/mol. The molecule has 3 aromatic carbocycles. The van der Waals surface area contributed by atoms with Crippen molar-refractivity contribution in [3.63, 3.8) is 0 Å². The van der Waals surface area contributed by atoms with Crippen molar-refractivity contribution in [2.45, 2.75) is 63.6 Å². The fourth-order valence-corrected chi connectivity index (χ4v) is 9.58. The molecule has 1 saturated heterocycles. The summed E-state index contributed by atoms with van der Waals surface area (Å²) in [7, 11) is -4.83. The number of nitrogens with one attached hydrogen (secondary N) is 7. The number of aliphatic imine (C=N–C) groups is 1. The average Bonchev–Trinajstić information content (AvgIpc) is 2.41. The molecule has 0 aromatic heterocycles. The molecular weight excluding hydrogens is 1160 g/mol. The molecule has 3 aromatic rings. The third-order valence-electron chi connectivity index (χ3n) is 13.4. The largest absolute Gasteiger partial charge is 0.508 e. The van der Waals surface area contributed by atoms with Gasteiger partial charge in [-0.05, 0) is 66.6 Å². The summed E-state index contributed by atoms with van der Waals surface area (Å²) in [6, 6.07) is 18.4. The molecule has 0 spiro atoms. The van der Waals surface area contributed by atoms with E-state index in [1.807, 2.05) is 0 Å². The van der Waals surface area contributed by atoms with Gasteiger partial charge >= 0.3 is 23.9 Å². The normalized spacial score (nSPS) is 15.5. The number of carboxylic acids is 3. The van der Waals surface area contributed by atoms with Gasteiger partial charge in [0.2, 0.25) is 29.5 Å². The number of guanidine groups is 1. The summed E-state index contributed by atoms with van der Waals surface area (Å²) in [6.45, 7) is 1.70. The Morgan fingerprint density at radius 3 is 1.77 bits per heavy atom. The summed E-state index contributed by atoms with van der Waals surface area (Å²) in [5.74, 6) is -7.50. The number of ether oxygens (including phenoxy) is 1. The van der Waals surface area contributed by atoms with Gasteiger partial charge in [0.15, 0.2) is 5.96 Å². The number of hydrogen-bond acceptors (Lipinski definition) is 21. The number of rotatable bonds is 33. The number of hydrogen-bond donors (Lipinski definition) is 13. The number of aromatic hydroxyl groups is 1. The number of carbonyl (C=O) groups excluding carboxylic acids is 6. The lowest BCUT2D eigenvalue weighted by atomic mass is 9.90. The van der Waals surface area contributed by atoms with Crippen molar-refractivity contribution in [3.05, 3.63) is 95.6 Å². The van der Waals surface area contributed by atoms with E-state index in [2.05, 4.69) is 57.5 Å². The Bertz CT molecular complexity index is 2930. The molecule has 1 aliphatic heterocycles. The van der Waals surface area contributed by atoms with E-state index in [0.717, 1.165) is 0 Å². The molecule has 1 unspecified atom stereocenters. The predicted molar refractivity (Wildman–Crippen MR) is 317 cm³/mol. The van der Waals surface area contributed by atoms with Crippen molar-refractivity contribution < 1.29 is 81.3 Å². The number of benzene rings is 3. The number of carboxylic acid groups (broad SMARTS) is 3. The molecule has 0 bridgehead atoms. The molecule has 7 amide bonds. The zero-order valence-electron chi connectivity index (χ0n) is 51.4. The van der Waals surface area contributed by atoms with Gasteiger partial charge < -0.3 is 62.8 Å². The van der Waals surface area contributed by atoms with Crippen molar-refractivity contribution >= 4 is 69.6 Å². The van der Waals surface area contributed by atoms with E-state index in [4.69, 9.17) is 14.8 Å². The fraction of sp³-hybridized carbons (Fsp3) is 0.500. The Kier molecular flexibility index (Phi) is 28.7. The summed E-state index contributed by atoms with van der Waals surface area (Å²) in [6.07, 6.45) is 1.28. The third-order valence-corrected chi connectivity index (χ3v) is 14.1. The number of urea groups is 1. The van der Waals surface area contributed by atoms with E-state index in [9.17, 15) is 61.2 Å². The maximum Gasteiger partial charge on any atom is 0.321 e. The first kappa shape index (κ1) is 66.0. The highest BCUT2D eigenvalue weighted by molar-refractivity contribution is 7.85. The quantitative estimate of drug-likeness (QED) is 0.0141. The van der Waals surface area contributed by atoms with Crippen molar-refractivity contribution in [3.8, 4) is 11.5 Å². The highest BCUT2D eigenvalue weighted by Crippen LogP contribution is 2.28. The second kappa shape index (κ2) is 37.8. The van der Waals surface area contributed by atoms with Crippen LogP contribution in [-0.4, -0.2) is 242 Å². The van der Waals surface area contributed by atoms with Crippen molar-refractivity contribution in [2.75, 3.05) is 117 Å². The van der Waals surface area contributed by atoms with Crippen LogP contribution in [0, 0.1) is 0 Å². The molecule has 478 valence electrons. The summed E-state index contributed by atoms with van der Waals surface area (Å²) >= 11 is 0. The first-order valence-electron chi connectivity index (χ1n) is 29.5. The molecule has 14 N–H and O–H groups in total. The number of aliphatic carboxylic acids is 3. The number of nitrogens with two attached hydrogens (primary N) is 1. The molecule has 87 heavy (non-hydrogen) atoms. The van der Waals surface area contributed by atoms with Gasteiger partial charge in [0.1, 0.15) is 29.3 Å². The Morgan fingerprint density at radius 1 is 0.632 bits per heavy atom. The molecule has 3 atom stereocenters. The van der Waals surface area contributed by atoms with E-state index in [0.29, 0.717) is 41.7 Å². The topological polar surface area (TPSA) is 434 Å². The third kappa shape index (κ3) is 29.4. The van der Waals surface area contributed by atoms with Crippen LogP contribution in [0.25, 0.3) is 4.29 Å². The van der Waals surface area contributed by atoms with Gasteiger partial charge in [0.05, 0.1) is 38.7 Å². The molecular formula is C56H81N13O17S. The molecule has 1 heterocycles. The van der Waals surface area contributed by atoms with E-state index in [1.165, 1.54) is 12.1 Å². The Labute approximate surface area is 508 Å². The van der Waals surface area contributed by atoms with Crippen LogP contribution in [0.4, 0.5) is 4.79 Å². The van der Waals surface area contributed by atoms with Crippen molar-refractivity contribution in [1.82, 2.24) is 56.8 Å². The van der Waals surface area contributed by atoms with Crippen molar-refractivity contribution in [1.29, 1.82) is 4.29 Å². The molecule has 0 radical (unpaired) electrons. The second-order valence-corrected chi connectivity index (χ2v) is 21.8. The van der Waals surface area contributed by atoms with Gasteiger partial charge in [-0.1, -0.05) is 61.5 Å². The molecule has 31 heteroatoms. The van der Waals surface area contributed by atoms with Crippen LogP contribution in [-0.2, 0) is 55.0 Å². The molecule has 30 nitrogen and oxygen atoms in total. The minimum Gasteiger partial charge on any atom is -0.508 e. The molecule has 0 saturated carbocycles. The number of nitrogens with zero attached hydrogens (tertiary/aromatic N) is 5. The maximum atomic E-state index is 14.5. The maximum absolute atomic E-state index is 14.5. The number of unbranched alkanes of at least 4 members (excludes halogenated alkanes) is 1. The lowest BCUT2D eigenvalue weighted by Gasteiger charge is -2.33. The molecule has 1 aliphatic rings. The Balaban J connectivity index is 1.39. The average molecular weight is 1240 g/mol. The predicted octanol–water partition coefficient (Wildman–Crippen LogP) is -1.63. The van der Waals surface area contributed by atoms with Gasteiger partial charge in [-0.2, -0.15) is 8.42 Å². The van der Waals surface area contributed by atoms with Crippen LogP contribution in [0.3, 0.4) is 0 Å². The Morgan fingerprint density at radius 2 is 1.20 bits per heavy atom. The highest BCUT2D eigenvalue weighted by atomic mass is 32.2. The Hall–Kier alpha value is -8.49. The van der Waals surface area contributed by atoms with Crippen LogP contribution in [0.1, 0.15) is 61.6 Å². The number of amides is 7. The summed E-state index contributed by atoms with van der Waals surface area (Å²) in [5, 5.41) is 40.3. The minimum atomic E-state index is -4.83. The van der Waals surface area contributed by atoms with Gasteiger partial charge in [-0.25, -0.2) is 4.79 Å². The standard InChI is InChI=1S/C56H81N13O17S/c1-2-46(71)58-21-22-61-56(82)65-55(57)60-20-9-14-44(52(79)62-33-39-15-17-42(70)18-16-39)64-54(81)51(40-10-4-3-5-11-40)41-12-8-13-43(32-41)86-31-7-6-19-59-53(80)45(38-87(83,84)85)63-47(72)34-66-23-25-67(35-48(73)74)27-29-69(37-50(77)78)30-28-68(26-24-66)36-49(75)76/h3-5,8,10-13,15-18,32,44-45,51,70H,2,6-7,9,14,19-31,33-38H2,1H3,(H,58,71)(H,59,80)(H,62,79)(H,63,72)(H,64,81)(H,73,74)(H,75,76)(H,77,78)(H,83,84,85)(H4,57,60,61,65,82)/t44-,45+,51?/m1/s1/i/hD3. The fourth-order valence-electron chi connectivity index (χ4n) is 8.92. The zero-order chi connectivity index (χ0) is 65.8. The number of carbonyl (C=O) groups is 9. The first-order chi connectivity index (χ1) is 43.1. The smallest absolute Gasteiger partial charge is 0.321 e. The van der Waals surface area contributed by atoms with Crippen LogP contribution in [0.5, 0.6) is 11.5 Å². The highest BCUT2D eigenvalue weighted by Gasteiger charge is 2.30. The lowest BCUT2D eigenvalue weighted by molar-refractivity contribution is -0.140. The van der Waals surface area contributed by atoms with Crippen LogP contribution in [0.2, 0.25) is 0 Å². The number of phenols is 1. The molecule has 1 fully saturated rings. The zero-order valence-corrected chi connectivity index (χ0v) is 49.3. The summed E-state index contributed by atoms with van der Waals surface area (Å²) in [5.41, 5.74) is 7.73. The number of phenolic OH excluding ortho intramolecular Hbond substituents is 1. The van der Waals surface area contributed by atoms with Gasteiger partial charge in [0.25, 0.3) is 14.4 Å². The first-order valence-corrected chi connectivity index (χ1v) is 29.8. The van der Waals surface area contributed by atoms with E-state index in [1.54, 1.807) is 93.3 Å². The molecule has 4 rings (SSSR count). The van der Waals surface area contributed by atoms with Gasteiger partial charge in [-0.3, -0.25) is 72.8 Å². The summed E-state index contributed by atoms with van der Waals surface area (Å²) in [4.78, 5) is 126. The van der Waals surface area contributed by atoms with Crippen LogP contribution in [0.15, 0.2) is 83.9 Å².